The third kappa shape index (κ3) is 7.61. The summed E-state index contributed by atoms with van der Waals surface area (Å²) in [7, 11) is 0. The molecule has 6 unspecified atom stereocenters. The van der Waals surface area contributed by atoms with Crippen molar-refractivity contribution in [1.82, 2.24) is 0 Å². The van der Waals surface area contributed by atoms with Gasteiger partial charge < -0.3 is 4.90 Å². The number of rotatable bonds is 14. The van der Waals surface area contributed by atoms with Crippen molar-refractivity contribution < 1.29 is 35.1 Å². The molecule has 30 heavy (non-hydrogen) atoms. The summed E-state index contributed by atoms with van der Waals surface area (Å²) < 4.78 is 110. The van der Waals surface area contributed by atoms with Crippen molar-refractivity contribution in [3.05, 3.63) is 29.8 Å². The quantitative estimate of drug-likeness (QED) is 0.289. The summed E-state index contributed by atoms with van der Waals surface area (Å²) in [6.45, 7) is 1.88. The van der Waals surface area contributed by atoms with Gasteiger partial charge in [-0.15, -0.1) is 0 Å². The number of hydrogen-bond donors (Lipinski definition) is 0. The number of hydrogen-bond acceptors (Lipinski definition) is 1. The van der Waals surface area contributed by atoms with Crippen molar-refractivity contribution in [2.75, 3.05) is 24.7 Å². The van der Waals surface area contributed by atoms with Crippen LogP contribution >= 0.6 is 0 Å². The standard InChI is InChI=1S/C21H29F8N/c1-3-6-13(2)11-30(17-9-4-7-14(23)18(17)26)12-16(25)20(28)21(29)19(27)15(24)8-5-10-22/h4,7,9,13,15-16,19-21H,3,5-6,8,10-12H2,1-2H3. The van der Waals surface area contributed by atoms with Crippen molar-refractivity contribution in [3.8, 4) is 0 Å². The second-order valence-electron chi connectivity index (χ2n) is 7.57. The maximum Gasteiger partial charge on any atom is 0.182 e. The van der Waals surface area contributed by atoms with Crippen LogP contribution in [0, 0.1) is 17.6 Å². The number of nitrogens with zero attached hydrogens (tertiary/aromatic N) is 1. The largest absolute Gasteiger partial charge is 0.366 e. The molecule has 0 bridgehead atoms. The fourth-order valence-electron chi connectivity index (χ4n) is 3.29. The number of anilines is 1. The van der Waals surface area contributed by atoms with Gasteiger partial charge in [0.2, 0.25) is 0 Å². The lowest BCUT2D eigenvalue weighted by molar-refractivity contribution is 0.000358. The van der Waals surface area contributed by atoms with Crippen LogP contribution in [-0.4, -0.2) is 50.6 Å². The van der Waals surface area contributed by atoms with Crippen molar-refractivity contribution in [2.24, 2.45) is 5.92 Å². The Morgan fingerprint density at radius 3 is 2.10 bits per heavy atom. The average Bonchev–Trinajstić information content (AvgIpc) is 2.71. The van der Waals surface area contributed by atoms with Crippen molar-refractivity contribution >= 4 is 5.69 Å². The SMILES string of the molecule is CCCC(C)CN(CC(F)C(F)C(F)C(F)C(F)CCCF)c1cccc(F)c1F. The molecule has 0 fully saturated rings. The van der Waals surface area contributed by atoms with Crippen molar-refractivity contribution in [1.29, 1.82) is 0 Å². The van der Waals surface area contributed by atoms with E-state index in [0.29, 0.717) is 6.42 Å². The summed E-state index contributed by atoms with van der Waals surface area (Å²) in [6.07, 6.45) is -13.8. The van der Waals surface area contributed by atoms with E-state index >= 15 is 0 Å². The summed E-state index contributed by atoms with van der Waals surface area (Å²) in [4.78, 5) is 1.05. The number of halogens is 8. The van der Waals surface area contributed by atoms with Gasteiger partial charge in [-0.25, -0.2) is 30.7 Å². The first kappa shape index (κ1) is 26.5. The lowest BCUT2D eigenvalue weighted by Crippen LogP contribution is -2.45. The molecule has 9 heteroatoms. The Balaban J connectivity index is 2.94. The van der Waals surface area contributed by atoms with Gasteiger partial charge in [-0.2, -0.15) is 0 Å². The molecule has 1 aromatic carbocycles. The summed E-state index contributed by atoms with van der Waals surface area (Å²) in [5.74, 6) is -2.55. The highest BCUT2D eigenvalue weighted by Crippen LogP contribution is 2.28. The molecule has 1 aromatic rings. The topological polar surface area (TPSA) is 3.24 Å². The van der Waals surface area contributed by atoms with Crippen molar-refractivity contribution in [3.63, 3.8) is 0 Å². The molecule has 0 saturated carbocycles. The maximum absolute atomic E-state index is 14.5. The first-order chi connectivity index (χ1) is 14.1. The molecule has 0 spiro atoms. The van der Waals surface area contributed by atoms with Gasteiger partial charge in [-0.1, -0.05) is 26.3 Å². The Morgan fingerprint density at radius 2 is 1.50 bits per heavy atom. The fourth-order valence-corrected chi connectivity index (χ4v) is 3.29. The van der Waals surface area contributed by atoms with Crippen LogP contribution in [0.4, 0.5) is 40.8 Å². The molecule has 0 aliphatic carbocycles. The van der Waals surface area contributed by atoms with Crippen LogP contribution < -0.4 is 4.90 Å². The highest BCUT2D eigenvalue weighted by molar-refractivity contribution is 5.48. The highest BCUT2D eigenvalue weighted by Gasteiger charge is 2.41. The molecule has 0 amide bonds. The Labute approximate surface area is 172 Å². The van der Waals surface area contributed by atoms with Gasteiger partial charge in [-0.05, 0) is 37.3 Å². The third-order valence-electron chi connectivity index (χ3n) is 4.89. The van der Waals surface area contributed by atoms with Gasteiger partial charge in [0.15, 0.2) is 36.3 Å². The van der Waals surface area contributed by atoms with Crippen molar-refractivity contribution in [2.45, 2.75) is 70.4 Å². The zero-order chi connectivity index (χ0) is 22.8. The van der Waals surface area contributed by atoms with Gasteiger partial charge in [0.1, 0.15) is 6.17 Å². The number of alkyl halides is 6. The Kier molecular flexibility index (Phi) is 11.5. The number of benzene rings is 1. The molecule has 0 aliphatic rings. The van der Waals surface area contributed by atoms with Gasteiger partial charge in [0.05, 0.1) is 18.9 Å². The minimum absolute atomic E-state index is 0.0274. The van der Waals surface area contributed by atoms with E-state index in [1.165, 1.54) is 12.1 Å². The van der Waals surface area contributed by atoms with E-state index in [0.717, 1.165) is 17.4 Å². The predicted octanol–water partition coefficient (Wildman–Crippen LogP) is 6.65. The summed E-state index contributed by atoms with van der Waals surface area (Å²) in [6, 6.07) is 3.23. The van der Waals surface area contributed by atoms with Crippen LogP contribution in [-0.2, 0) is 0 Å². The molecular formula is C21H29F8N. The predicted molar refractivity (Wildman–Crippen MR) is 102 cm³/mol. The molecular weight excluding hydrogens is 418 g/mol. The van der Waals surface area contributed by atoms with E-state index < -0.39 is 62.1 Å². The average molecular weight is 447 g/mol. The molecule has 6 atom stereocenters. The van der Waals surface area contributed by atoms with Crippen LogP contribution in [0.2, 0.25) is 0 Å². The third-order valence-corrected chi connectivity index (χ3v) is 4.89. The van der Waals surface area contributed by atoms with Crippen LogP contribution in [0.3, 0.4) is 0 Å². The second-order valence-corrected chi connectivity index (χ2v) is 7.57. The van der Waals surface area contributed by atoms with Crippen LogP contribution in [0.15, 0.2) is 18.2 Å². The van der Waals surface area contributed by atoms with E-state index in [2.05, 4.69) is 0 Å². The molecule has 0 N–H and O–H groups in total. The Morgan fingerprint density at radius 1 is 0.867 bits per heavy atom. The van der Waals surface area contributed by atoms with Gasteiger partial charge in [-0.3, -0.25) is 4.39 Å². The van der Waals surface area contributed by atoms with E-state index in [9.17, 15) is 35.1 Å². The second kappa shape index (κ2) is 13.0. The molecule has 1 rings (SSSR count). The first-order valence-corrected chi connectivity index (χ1v) is 10.1. The van der Waals surface area contributed by atoms with Crippen LogP contribution in [0.1, 0.15) is 39.5 Å². The zero-order valence-electron chi connectivity index (χ0n) is 17.1. The molecule has 0 heterocycles. The normalized spacial score (nSPS) is 17.8. The van der Waals surface area contributed by atoms with Gasteiger partial charge >= 0.3 is 0 Å². The lowest BCUT2D eigenvalue weighted by Gasteiger charge is -2.31. The van der Waals surface area contributed by atoms with Crippen LogP contribution in [0.5, 0.6) is 0 Å². The zero-order valence-corrected chi connectivity index (χ0v) is 17.1. The lowest BCUT2D eigenvalue weighted by atomic mass is 10.00. The molecule has 0 aromatic heterocycles. The first-order valence-electron chi connectivity index (χ1n) is 10.1. The Hall–Kier alpha value is -1.54. The minimum atomic E-state index is -3.11. The van der Waals surface area contributed by atoms with E-state index in [1.807, 2.05) is 6.92 Å². The summed E-state index contributed by atoms with van der Waals surface area (Å²) >= 11 is 0. The van der Waals surface area contributed by atoms with Crippen LogP contribution in [0.25, 0.3) is 0 Å². The van der Waals surface area contributed by atoms with E-state index in [-0.39, 0.29) is 24.6 Å². The smallest absolute Gasteiger partial charge is 0.182 e. The fraction of sp³-hybridized carbons (Fsp3) is 0.714. The Bertz CT molecular complexity index is 617. The summed E-state index contributed by atoms with van der Waals surface area (Å²) in [5, 5.41) is 0. The molecule has 0 radical (unpaired) electrons. The van der Waals surface area contributed by atoms with E-state index in [4.69, 9.17) is 0 Å². The van der Waals surface area contributed by atoms with E-state index in [1.54, 1.807) is 6.92 Å². The molecule has 1 nitrogen and oxygen atoms in total. The minimum Gasteiger partial charge on any atom is -0.366 e. The molecule has 0 saturated heterocycles. The highest BCUT2D eigenvalue weighted by atomic mass is 19.2. The monoisotopic (exact) mass is 447 g/mol. The summed E-state index contributed by atoms with van der Waals surface area (Å²) in [5.41, 5.74) is -0.327. The molecule has 0 aliphatic heterocycles. The maximum atomic E-state index is 14.5. The molecule has 174 valence electrons. The van der Waals surface area contributed by atoms with Gasteiger partial charge in [0, 0.05) is 6.54 Å². The van der Waals surface area contributed by atoms with Gasteiger partial charge in [0.25, 0.3) is 0 Å².